The van der Waals surface area contributed by atoms with E-state index in [4.69, 9.17) is 10.2 Å². The first-order chi connectivity index (χ1) is 17.1. The van der Waals surface area contributed by atoms with Crippen LogP contribution in [0.1, 0.15) is 43.6 Å². The van der Waals surface area contributed by atoms with E-state index in [-0.39, 0.29) is 42.1 Å². The predicted octanol–water partition coefficient (Wildman–Crippen LogP) is 3.66. The minimum atomic E-state index is -1.97. The average molecular weight is 452 g/mol. The van der Waals surface area contributed by atoms with Crippen LogP contribution in [0, 0.1) is 17.5 Å². The number of aliphatic hydroxyl groups excluding tert-OH is 1. The molecule has 6 unspecified atom stereocenters. The molecule has 6 atom stereocenters. The second kappa shape index (κ2) is 8.55. The van der Waals surface area contributed by atoms with Gasteiger partial charge in [-0.05, 0) is 32.0 Å². The molecule has 2 aliphatic rings. The van der Waals surface area contributed by atoms with Crippen molar-refractivity contribution in [3.63, 3.8) is 0 Å². The maximum absolute atomic E-state index is 14.3. The lowest BCUT2D eigenvalue weighted by Crippen LogP contribution is -2.29. The van der Waals surface area contributed by atoms with E-state index < -0.39 is 54.5 Å². The molecule has 5 rings (SSSR count). The highest BCUT2D eigenvalue weighted by atomic mass is 19.1. The number of halogens is 3. The molecule has 3 heterocycles. The molecule has 170 valence electrons. The van der Waals surface area contributed by atoms with Crippen molar-refractivity contribution in [2.24, 2.45) is 0 Å². The Morgan fingerprint density at radius 1 is 1.16 bits per heavy atom. The van der Waals surface area contributed by atoms with Crippen LogP contribution in [0.25, 0.3) is 11.2 Å². The van der Waals surface area contributed by atoms with E-state index in [2.05, 4.69) is 25.6 Å². The topological polar surface area (TPSA) is 97.1 Å². The van der Waals surface area contributed by atoms with E-state index in [1.54, 1.807) is 4.57 Å². The summed E-state index contributed by atoms with van der Waals surface area (Å²) in [6, 6.07) is -1.20. The van der Waals surface area contributed by atoms with Crippen molar-refractivity contribution in [1.29, 1.82) is 0 Å². The molecule has 32 heavy (non-hydrogen) atoms. The molecular weight excluding hydrogens is 425 g/mol. The Morgan fingerprint density at radius 3 is 2.72 bits per heavy atom. The Balaban J connectivity index is 1.55. The maximum Gasteiger partial charge on any atom is 0.224 e. The van der Waals surface area contributed by atoms with Gasteiger partial charge in [-0.1, -0.05) is 0 Å². The van der Waals surface area contributed by atoms with E-state index in [1.165, 1.54) is 6.20 Å². The van der Waals surface area contributed by atoms with E-state index in [1.807, 2.05) is 0 Å². The lowest BCUT2D eigenvalue weighted by molar-refractivity contribution is 0.126. The fraction of sp³-hybridized carbons (Fsp3) is 0.476. The first-order valence-electron chi connectivity index (χ1n) is 12.3. The third-order valence-corrected chi connectivity index (χ3v) is 5.28. The average Bonchev–Trinajstić information content (AvgIpc) is 3.46. The van der Waals surface area contributed by atoms with Crippen LogP contribution in [0.15, 0.2) is 18.3 Å². The van der Waals surface area contributed by atoms with Gasteiger partial charge < -0.3 is 20.5 Å². The molecule has 3 N–H and O–H groups in total. The van der Waals surface area contributed by atoms with E-state index in [0.717, 1.165) is 0 Å². The van der Waals surface area contributed by atoms with Gasteiger partial charge in [0.25, 0.3) is 0 Å². The lowest BCUT2D eigenvalue weighted by Gasteiger charge is -2.26. The third kappa shape index (κ3) is 4.09. The maximum atomic E-state index is 14.3. The molecule has 0 amide bonds. The Morgan fingerprint density at radius 2 is 1.97 bits per heavy atom. The number of rotatable bonds is 5. The molecule has 11 heteroatoms. The quantitative estimate of drug-likeness (QED) is 0.544. The Bertz CT molecular complexity index is 1270. The fourth-order valence-corrected chi connectivity index (χ4v) is 3.72. The smallest absolute Gasteiger partial charge is 0.224 e. The molecule has 1 aliphatic carbocycles. The Kier molecular flexibility index (Phi) is 4.45. The number of nitrogens with zero attached hydrogens (tertiary/aromatic N) is 4. The Hall–Kier alpha value is -2.92. The highest BCUT2D eigenvalue weighted by Crippen LogP contribution is 2.32. The fourth-order valence-electron chi connectivity index (χ4n) is 3.72. The normalized spacial score (nSPS) is 34.6. The molecule has 3 aromatic rings. The van der Waals surface area contributed by atoms with Crippen molar-refractivity contribution in [2.75, 3.05) is 23.8 Å². The number of hydrogen-bond acceptors (Lipinski definition) is 7. The zero-order valence-electron chi connectivity index (χ0n) is 20.7. The van der Waals surface area contributed by atoms with Crippen molar-refractivity contribution >= 4 is 28.7 Å². The van der Waals surface area contributed by atoms with Crippen molar-refractivity contribution < 1.29 is 28.5 Å². The van der Waals surface area contributed by atoms with Gasteiger partial charge in [-0.2, -0.15) is 4.98 Å². The molecule has 1 saturated heterocycles. The van der Waals surface area contributed by atoms with Crippen LogP contribution < -0.4 is 10.6 Å². The number of aromatic nitrogens is 4. The van der Waals surface area contributed by atoms with Crippen LogP contribution in [0.3, 0.4) is 0 Å². The van der Waals surface area contributed by atoms with Crippen LogP contribution in [-0.2, 0) is 4.74 Å². The van der Waals surface area contributed by atoms with Gasteiger partial charge in [-0.15, -0.1) is 0 Å². The van der Waals surface area contributed by atoms with E-state index in [9.17, 15) is 18.3 Å². The van der Waals surface area contributed by atoms with Crippen molar-refractivity contribution in [2.45, 2.75) is 50.2 Å². The van der Waals surface area contributed by atoms with Crippen molar-refractivity contribution in [3.05, 3.63) is 35.8 Å². The summed E-state index contributed by atoms with van der Waals surface area (Å²) in [4.78, 5) is 12.9. The largest absolute Gasteiger partial charge is 0.393 e. The van der Waals surface area contributed by atoms with Gasteiger partial charge in [0.15, 0.2) is 17.3 Å². The second-order valence-corrected chi connectivity index (χ2v) is 7.54. The van der Waals surface area contributed by atoms with Gasteiger partial charge in [-0.25, -0.2) is 23.1 Å². The number of aliphatic hydroxyl groups is 1. The minimum Gasteiger partial charge on any atom is -0.393 e. The zero-order chi connectivity index (χ0) is 25.8. The van der Waals surface area contributed by atoms with Crippen LogP contribution in [0.5, 0.6) is 0 Å². The summed E-state index contributed by atoms with van der Waals surface area (Å²) in [5, 5.41) is 15.2. The zero-order valence-corrected chi connectivity index (χ0v) is 16.7. The SMILES string of the molecule is [2H]C1C(O)CC([2H])C([2H])(Nc2ncc3nc(Nc4c(F)cc(F)cc4F)n(C4CCOC4)c3n2)C1[2H]. The number of hydrogen-bond donors (Lipinski definition) is 3. The summed E-state index contributed by atoms with van der Waals surface area (Å²) < 4.78 is 82.2. The van der Waals surface area contributed by atoms with Crippen LogP contribution in [0.4, 0.5) is 30.8 Å². The highest BCUT2D eigenvalue weighted by Gasteiger charge is 2.27. The first kappa shape index (κ1) is 16.7. The molecule has 2 fully saturated rings. The molecule has 2 aromatic heterocycles. The van der Waals surface area contributed by atoms with Crippen molar-refractivity contribution in [3.8, 4) is 0 Å². The molecule has 1 aliphatic heterocycles. The summed E-state index contributed by atoms with van der Waals surface area (Å²) in [6.07, 6.45) is -3.48. The van der Waals surface area contributed by atoms with Gasteiger partial charge >= 0.3 is 0 Å². The summed E-state index contributed by atoms with van der Waals surface area (Å²) in [6.45, 7) is 0.703. The summed E-state index contributed by atoms with van der Waals surface area (Å²) in [5.41, 5.74) is -0.114. The number of ether oxygens (including phenoxy) is 1. The van der Waals surface area contributed by atoms with Gasteiger partial charge in [0.1, 0.15) is 17.0 Å². The van der Waals surface area contributed by atoms with Gasteiger partial charge in [-0.3, -0.25) is 4.57 Å². The van der Waals surface area contributed by atoms with Crippen LogP contribution >= 0.6 is 0 Å². The lowest BCUT2D eigenvalue weighted by atomic mass is 9.93. The third-order valence-electron chi connectivity index (χ3n) is 5.28. The molecule has 8 nitrogen and oxygen atoms in total. The van der Waals surface area contributed by atoms with Gasteiger partial charge in [0.2, 0.25) is 11.9 Å². The van der Waals surface area contributed by atoms with Crippen LogP contribution in [0.2, 0.25) is 0 Å². The van der Waals surface area contributed by atoms with Gasteiger partial charge in [0.05, 0.1) is 26.3 Å². The molecular formula is C21H23F3N6O2. The minimum absolute atomic E-state index is 0.0145. The molecule has 1 aromatic carbocycles. The molecule has 0 spiro atoms. The first-order valence-corrected chi connectivity index (χ1v) is 10.1. The monoisotopic (exact) mass is 452 g/mol. The van der Waals surface area contributed by atoms with Crippen molar-refractivity contribution in [1.82, 2.24) is 19.5 Å². The highest BCUT2D eigenvalue weighted by molar-refractivity contribution is 5.76. The number of fused-ring (bicyclic) bond motifs is 1. The van der Waals surface area contributed by atoms with E-state index >= 15 is 0 Å². The molecule has 0 radical (unpaired) electrons. The number of benzene rings is 1. The Labute approximate surface area is 187 Å². The predicted molar refractivity (Wildman–Crippen MR) is 111 cm³/mol. The standard InChI is InChI=1S/C21H23F3N6O2/c22-11-7-15(23)18(16(24)8-11)28-21-27-17-9-25-20(26-12-1-3-14(31)4-2-12)29-19(17)30(21)13-5-6-32-10-13/h7-9,12-14,31H,1-6,10H2,(H,27,28)(H,25,26,29)/i1D,2D,3D,12D. The second-order valence-electron chi connectivity index (χ2n) is 7.54. The summed E-state index contributed by atoms with van der Waals surface area (Å²) >= 11 is 0. The summed E-state index contributed by atoms with van der Waals surface area (Å²) in [5.74, 6) is -3.46. The number of nitrogens with one attached hydrogen (secondary N) is 2. The summed E-state index contributed by atoms with van der Waals surface area (Å²) in [7, 11) is 0. The number of imidazole rings is 1. The molecule has 0 bridgehead atoms. The van der Waals surface area contributed by atoms with Gasteiger partial charge in [0, 0.05) is 28.9 Å². The molecule has 1 saturated carbocycles. The van der Waals surface area contributed by atoms with Crippen LogP contribution in [-0.4, -0.2) is 50.0 Å². The number of anilines is 3. The van der Waals surface area contributed by atoms with E-state index in [0.29, 0.717) is 25.2 Å².